The van der Waals surface area contributed by atoms with Gasteiger partial charge in [0, 0.05) is 31.6 Å². The SMILES string of the molecule is Cc1nc(CC(=O)OCC(=O)N2CCN(C(=O)c3ccco3)CC2)cs1. The molecule has 1 saturated heterocycles. The Labute approximate surface area is 154 Å². The topological polar surface area (TPSA) is 93.0 Å². The second kappa shape index (κ2) is 8.13. The number of aryl methyl sites for hydroxylation is 1. The van der Waals surface area contributed by atoms with E-state index in [0.717, 1.165) is 5.01 Å². The maximum atomic E-state index is 12.2. The number of esters is 1. The van der Waals surface area contributed by atoms with Crippen molar-refractivity contribution in [3.63, 3.8) is 0 Å². The van der Waals surface area contributed by atoms with Crippen LogP contribution in [0.1, 0.15) is 21.3 Å². The number of hydrogen-bond acceptors (Lipinski definition) is 7. The van der Waals surface area contributed by atoms with E-state index in [0.29, 0.717) is 31.9 Å². The van der Waals surface area contributed by atoms with Gasteiger partial charge in [-0.15, -0.1) is 11.3 Å². The summed E-state index contributed by atoms with van der Waals surface area (Å²) < 4.78 is 10.1. The van der Waals surface area contributed by atoms with Gasteiger partial charge in [0.1, 0.15) is 0 Å². The van der Waals surface area contributed by atoms with Gasteiger partial charge in [-0.3, -0.25) is 14.4 Å². The number of carbonyl (C=O) groups is 3. The molecule has 2 aromatic rings. The predicted molar refractivity (Wildman–Crippen MR) is 92.7 cm³/mol. The van der Waals surface area contributed by atoms with Gasteiger partial charge in [0.25, 0.3) is 11.8 Å². The van der Waals surface area contributed by atoms with Gasteiger partial charge in [-0.05, 0) is 19.1 Å². The monoisotopic (exact) mass is 377 g/mol. The summed E-state index contributed by atoms with van der Waals surface area (Å²) in [7, 11) is 0. The first-order chi connectivity index (χ1) is 12.5. The van der Waals surface area contributed by atoms with E-state index in [1.54, 1.807) is 27.3 Å². The van der Waals surface area contributed by atoms with Crippen molar-refractivity contribution in [2.75, 3.05) is 32.8 Å². The first-order valence-electron chi connectivity index (χ1n) is 8.20. The molecule has 2 aromatic heterocycles. The van der Waals surface area contributed by atoms with E-state index in [-0.39, 0.29) is 30.6 Å². The second-order valence-electron chi connectivity index (χ2n) is 5.85. The normalized spacial score (nSPS) is 14.3. The first-order valence-corrected chi connectivity index (χ1v) is 9.08. The van der Waals surface area contributed by atoms with E-state index in [1.807, 2.05) is 6.92 Å². The molecular weight excluding hydrogens is 358 g/mol. The molecule has 0 spiro atoms. The highest BCUT2D eigenvalue weighted by atomic mass is 32.1. The summed E-state index contributed by atoms with van der Waals surface area (Å²) in [6.45, 7) is 3.18. The third kappa shape index (κ3) is 4.48. The lowest BCUT2D eigenvalue weighted by Gasteiger charge is -2.34. The number of amides is 2. The number of furan rings is 1. The highest BCUT2D eigenvalue weighted by Gasteiger charge is 2.26. The molecule has 0 bridgehead atoms. The molecular formula is C17H19N3O5S. The molecule has 0 N–H and O–H groups in total. The lowest BCUT2D eigenvalue weighted by atomic mass is 10.3. The van der Waals surface area contributed by atoms with Crippen molar-refractivity contribution in [2.24, 2.45) is 0 Å². The molecule has 1 aliphatic rings. The number of rotatable bonds is 5. The van der Waals surface area contributed by atoms with Crippen molar-refractivity contribution in [2.45, 2.75) is 13.3 Å². The number of piperazine rings is 1. The van der Waals surface area contributed by atoms with Crippen LogP contribution < -0.4 is 0 Å². The molecule has 0 unspecified atom stereocenters. The molecule has 2 amide bonds. The van der Waals surface area contributed by atoms with Crippen LogP contribution >= 0.6 is 11.3 Å². The zero-order valence-corrected chi connectivity index (χ0v) is 15.2. The van der Waals surface area contributed by atoms with Crippen molar-refractivity contribution >= 4 is 29.1 Å². The fourth-order valence-corrected chi connectivity index (χ4v) is 3.25. The minimum atomic E-state index is -0.477. The van der Waals surface area contributed by atoms with Crippen LogP contribution in [-0.4, -0.2) is 65.4 Å². The first kappa shape index (κ1) is 18.1. The van der Waals surface area contributed by atoms with Crippen molar-refractivity contribution in [3.8, 4) is 0 Å². The molecule has 3 heterocycles. The van der Waals surface area contributed by atoms with Crippen LogP contribution in [0.5, 0.6) is 0 Å². The highest BCUT2D eigenvalue weighted by molar-refractivity contribution is 7.09. The van der Waals surface area contributed by atoms with E-state index in [1.165, 1.54) is 17.6 Å². The number of nitrogens with zero attached hydrogens (tertiary/aromatic N) is 3. The molecule has 1 fully saturated rings. The Kier molecular flexibility index (Phi) is 5.67. The Morgan fingerprint density at radius 3 is 2.58 bits per heavy atom. The van der Waals surface area contributed by atoms with E-state index in [2.05, 4.69) is 4.98 Å². The maximum absolute atomic E-state index is 12.2. The van der Waals surface area contributed by atoms with Gasteiger partial charge in [-0.25, -0.2) is 4.98 Å². The van der Waals surface area contributed by atoms with Crippen LogP contribution in [0, 0.1) is 6.92 Å². The average molecular weight is 377 g/mol. The smallest absolute Gasteiger partial charge is 0.312 e. The number of thiazole rings is 1. The zero-order valence-electron chi connectivity index (χ0n) is 14.3. The number of ether oxygens (including phenoxy) is 1. The molecule has 8 nitrogen and oxygen atoms in total. The molecule has 0 aliphatic carbocycles. The average Bonchev–Trinajstić information content (AvgIpc) is 3.31. The van der Waals surface area contributed by atoms with Crippen LogP contribution in [0.25, 0.3) is 0 Å². The number of aromatic nitrogens is 1. The molecule has 0 aromatic carbocycles. The summed E-state index contributed by atoms with van der Waals surface area (Å²) in [6.07, 6.45) is 1.51. The summed E-state index contributed by atoms with van der Waals surface area (Å²) in [5.74, 6) is -0.642. The maximum Gasteiger partial charge on any atom is 0.312 e. The van der Waals surface area contributed by atoms with E-state index in [9.17, 15) is 14.4 Å². The van der Waals surface area contributed by atoms with Gasteiger partial charge in [0.05, 0.1) is 23.4 Å². The third-order valence-corrected chi connectivity index (χ3v) is 4.82. The number of hydrogen-bond donors (Lipinski definition) is 0. The van der Waals surface area contributed by atoms with E-state index < -0.39 is 5.97 Å². The van der Waals surface area contributed by atoms with E-state index >= 15 is 0 Å². The van der Waals surface area contributed by atoms with Crippen LogP contribution in [0.3, 0.4) is 0 Å². The lowest BCUT2D eigenvalue weighted by Crippen LogP contribution is -2.51. The largest absolute Gasteiger partial charge is 0.459 e. The standard InChI is InChI=1S/C17H19N3O5S/c1-12-18-13(11-26-12)9-16(22)25-10-15(21)19-4-6-20(7-5-19)17(23)14-3-2-8-24-14/h2-3,8,11H,4-7,9-10H2,1H3. The molecule has 0 atom stereocenters. The molecule has 26 heavy (non-hydrogen) atoms. The van der Waals surface area contributed by atoms with E-state index in [4.69, 9.17) is 9.15 Å². The van der Waals surface area contributed by atoms with Gasteiger partial charge < -0.3 is 19.0 Å². The Morgan fingerprint density at radius 1 is 1.23 bits per heavy atom. The molecule has 0 radical (unpaired) electrons. The summed E-state index contributed by atoms with van der Waals surface area (Å²) in [5.41, 5.74) is 0.648. The van der Waals surface area contributed by atoms with Gasteiger partial charge in [0.15, 0.2) is 12.4 Å². The zero-order chi connectivity index (χ0) is 18.5. The van der Waals surface area contributed by atoms with Crippen molar-refractivity contribution in [1.29, 1.82) is 0 Å². The fraction of sp³-hybridized carbons (Fsp3) is 0.412. The summed E-state index contributed by atoms with van der Waals surface area (Å²) in [6, 6.07) is 3.28. The minimum absolute atomic E-state index is 0.0586. The van der Waals surface area contributed by atoms with Crippen LogP contribution in [0.15, 0.2) is 28.2 Å². The lowest BCUT2D eigenvalue weighted by molar-refractivity contribution is -0.152. The Morgan fingerprint density at radius 2 is 1.96 bits per heavy atom. The third-order valence-electron chi connectivity index (χ3n) is 4.00. The molecule has 9 heteroatoms. The number of carbonyl (C=O) groups excluding carboxylic acids is 3. The fourth-order valence-electron chi connectivity index (χ4n) is 2.64. The van der Waals surface area contributed by atoms with Crippen molar-refractivity contribution < 1.29 is 23.5 Å². The van der Waals surface area contributed by atoms with Crippen molar-refractivity contribution in [3.05, 3.63) is 40.2 Å². The van der Waals surface area contributed by atoms with Gasteiger partial charge in [-0.2, -0.15) is 0 Å². The molecule has 1 aliphatic heterocycles. The summed E-state index contributed by atoms with van der Waals surface area (Å²) in [5, 5.41) is 2.68. The quantitative estimate of drug-likeness (QED) is 0.725. The molecule has 3 rings (SSSR count). The summed E-state index contributed by atoms with van der Waals surface area (Å²) in [4.78, 5) is 43.6. The van der Waals surface area contributed by atoms with Gasteiger partial charge >= 0.3 is 5.97 Å². The van der Waals surface area contributed by atoms with Crippen molar-refractivity contribution in [1.82, 2.24) is 14.8 Å². The minimum Gasteiger partial charge on any atom is -0.459 e. The summed E-state index contributed by atoms with van der Waals surface area (Å²) >= 11 is 1.46. The van der Waals surface area contributed by atoms with Gasteiger partial charge in [0.2, 0.25) is 0 Å². The Balaban J connectivity index is 1.41. The Hall–Kier alpha value is -2.68. The van der Waals surface area contributed by atoms with Crippen LogP contribution in [0.4, 0.5) is 0 Å². The second-order valence-corrected chi connectivity index (χ2v) is 6.91. The predicted octanol–water partition coefficient (Wildman–Crippen LogP) is 1.11. The van der Waals surface area contributed by atoms with Gasteiger partial charge in [-0.1, -0.05) is 0 Å². The van der Waals surface area contributed by atoms with Crippen LogP contribution in [-0.2, 0) is 20.7 Å². The molecule has 0 saturated carbocycles. The highest BCUT2D eigenvalue weighted by Crippen LogP contribution is 2.11. The Bertz CT molecular complexity index is 778. The van der Waals surface area contributed by atoms with Crippen LogP contribution in [0.2, 0.25) is 0 Å². The molecule has 138 valence electrons.